The van der Waals surface area contributed by atoms with E-state index in [1.165, 1.54) is 17.5 Å². The van der Waals surface area contributed by atoms with Crippen molar-refractivity contribution < 1.29 is 9.90 Å². The Labute approximate surface area is 95.8 Å². The minimum atomic E-state index is -1.04. The van der Waals surface area contributed by atoms with E-state index in [-0.39, 0.29) is 5.69 Å². The van der Waals surface area contributed by atoms with E-state index in [0.717, 1.165) is 5.01 Å². The number of nitrogens with zero attached hydrogens (tertiary/aromatic N) is 2. The van der Waals surface area contributed by atoms with E-state index >= 15 is 0 Å². The van der Waals surface area contributed by atoms with E-state index in [2.05, 4.69) is 15.3 Å². The molecule has 0 amide bonds. The van der Waals surface area contributed by atoms with Crippen LogP contribution in [0.25, 0.3) is 0 Å². The first-order valence-electron chi connectivity index (χ1n) is 4.58. The quantitative estimate of drug-likeness (QED) is 0.845. The number of nitrogens with one attached hydrogen (secondary N) is 1. The molecular weight excluding hydrogens is 226 g/mol. The highest BCUT2D eigenvalue weighted by Crippen LogP contribution is 2.14. The fraction of sp³-hybridized carbons (Fsp3) is 0.100. The molecule has 6 heteroatoms. The van der Waals surface area contributed by atoms with Crippen LogP contribution in [0.4, 0.5) is 5.69 Å². The van der Waals surface area contributed by atoms with E-state index in [1.54, 1.807) is 18.3 Å². The lowest BCUT2D eigenvalue weighted by atomic mass is 10.3. The molecule has 0 bridgehead atoms. The summed E-state index contributed by atoms with van der Waals surface area (Å²) in [5.41, 5.74) is 0.532. The van der Waals surface area contributed by atoms with Crippen molar-refractivity contribution in [2.45, 2.75) is 6.54 Å². The second-order valence-corrected chi connectivity index (χ2v) is 3.96. The summed E-state index contributed by atoms with van der Waals surface area (Å²) < 4.78 is 0. The van der Waals surface area contributed by atoms with Crippen molar-refractivity contribution in [2.24, 2.45) is 0 Å². The molecule has 2 aromatic heterocycles. The zero-order valence-corrected chi connectivity index (χ0v) is 9.07. The van der Waals surface area contributed by atoms with Crippen molar-refractivity contribution >= 4 is 23.0 Å². The maximum Gasteiger partial charge on any atom is 0.356 e. The molecule has 0 aliphatic rings. The normalized spacial score (nSPS) is 10.0. The number of aromatic nitrogens is 2. The number of hydrogen-bond acceptors (Lipinski definition) is 5. The molecule has 16 heavy (non-hydrogen) atoms. The van der Waals surface area contributed by atoms with Gasteiger partial charge >= 0.3 is 5.97 Å². The number of carboxylic acid groups (broad SMARTS) is 1. The monoisotopic (exact) mass is 235 g/mol. The summed E-state index contributed by atoms with van der Waals surface area (Å²) in [5.74, 6) is -1.04. The Bertz CT molecular complexity index is 485. The van der Waals surface area contributed by atoms with Crippen LogP contribution in [0.3, 0.4) is 0 Å². The molecule has 0 radical (unpaired) electrons. The molecule has 0 aromatic carbocycles. The first kappa shape index (κ1) is 10.6. The minimum absolute atomic E-state index is 0.0269. The number of pyridine rings is 1. The van der Waals surface area contributed by atoms with Crippen LogP contribution in [-0.2, 0) is 6.54 Å². The third-order valence-electron chi connectivity index (χ3n) is 1.92. The zero-order chi connectivity index (χ0) is 11.4. The fourth-order valence-corrected chi connectivity index (χ4v) is 1.79. The molecule has 2 heterocycles. The van der Waals surface area contributed by atoms with Gasteiger partial charge in [-0.3, -0.25) is 0 Å². The molecule has 2 N–H and O–H groups in total. The highest BCUT2D eigenvalue weighted by molar-refractivity contribution is 7.09. The number of carbonyl (C=O) groups is 1. The molecule has 0 aliphatic carbocycles. The van der Waals surface area contributed by atoms with Crippen molar-refractivity contribution in [3.8, 4) is 0 Å². The molecule has 5 nitrogen and oxygen atoms in total. The summed E-state index contributed by atoms with van der Waals surface area (Å²) in [6, 6.07) is 3.38. The highest BCUT2D eigenvalue weighted by atomic mass is 32.1. The average molecular weight is 235 g/mol. The summed E-state index contributed by atoms with van der Waals surface area (Å²) >= 11 is 1.51. The fourth-order valence-electron chi connectivity index (χ4n) is 1.23. The summed E-state index contributed by atoms with van der Waals surface area (Å²) in [7, 11) is 0. The Balaban J connectivity index is 2.12. The number of hydrogen-bond donors (Lipinski definition) is 2. The van der Waals surface area contributed by atoms with E-state index in [9.17, 15) is 4.79 Å². The number of thiazole rings is 1. The van der Waals surface area contributed by atoms with Crippen molar-refractivity contribution in [3.05, 3.63) is 40.6 Å². The van der Waals surface area contributed by atoms with Crippen LogP contribution in [0.15, 0.2) is 29.9 Å². The Morgan fingerprint density at radius 2 is 2.31 bits per heavy atom. The number of aromatic carboxylic acids is 1. The molecule has 0 saturated heterocycles. The molecule has 2 rings (SSSR count). The maximum atomic E-state index is 10.9. The zero-order valence-electron chi connectivity index (χ0n) is 8.25. The average Bonchev–Trinajstić information content (AvgIpc) is 2.79. The SMILES string of the molecule is O=C(O)c1ncccc1NCc1nccs1. The second kappa shape index (κ2) is 4.71. The molecule has 0 aliphatic heterocycles. The largest absolute Gasteiger partial charge is 0.476 e. The third-order valence-corrected chi connectivity index (χ3v) is 2.70. The van der Waals surface area contributed by atoms with Crippen molar-refractivity contribution in [1.29, 1.82) is 0 Å². The van der Waals surface area contributed by atoms with Crippen LogP contribution in [0, 0.1) is 0 Å². The maximum absolute atomic E-state index is 10.9. The molecule has 0 atom stereocenters. The smallest absolute Gasteiger partial charge is 0.356 e. The highest BCUT2D eigenvalue weighted by Gasteiger charge is 2.10. The van der Waals surface area contributed by atoms with Gasteiger partial charge in [0, 0.05) is 17.8 Å². The second-order valence-electron chi connectivity index (χ2n) is 2.98. The van der Waals surface area contributed by atoms with Crippen LogP contribution in [0.1, 0.15) is 15.5 Å². The number of anilines is 1. The van der Waals surface area contributed by atoms with E-state index in [1.807, 2.05) is 5.38 Å². The molecule has 0 unspecified atom stereocenters. The van der Waals surface area contributed by atoms with Crippen molar-refractivity contribution in [2.75, 3.05) is 5.32 Å². The summed E-state index contributed by atoms with van der Waals surface area (Å²) in [5, 5.41) is 14.7. The van der Waals surface area contributed by atoms with E-state index in [0.29, 0.717) is 12.2 Å². The predicted octanol–water partition coefficient (Wildman–Crippen LogP) is 1.85. The van der Waals surface area contributed by atoms with E-state index < -0.39 is 5.97 Å². The first-order chi connectivity index (χ1) is 7.77. The standard InChI is InChI=1S/C10H9N3O2S/c14-10(15)9-7(2-1-3-12-9)13-6-8-11-4-5-16-8/h1-5,13H,6H2,(H,14,15). The summed E-state index contributed by atoms with van der Waals surface area (Å²) in [4.78, 5) is 18.8. The van der Waals surface area contributed by atoms with Gasteiger partial charge in [-0.2, -0.15) is 0 Å². The minimum Gasteiger partial charge on any atom is -0.476 e. The molecule has 0 spiro atoms. The topological polar surface area (TPSA) is 75.1 Å². The Morgan fingerprint density at radius 1 is 1.44 bits per heavy atom. The van der Waals surface area contributed by atoms with Gasteiger partial charge in [0.1, 0.15) is 5.01 Å². The summed E-state index contributed by atoms with van der Waals surface area (Å²) in [6.07, 6.45) is 3.17. The van der Waals surface area contributed by atoms with Crippen LogP contribution in [0.2, 0.25) is 0 Å². The van der Waals surface area contributed by atoms with Crippen LogP contribution < -0.4 is 5.32 Å². The van der Waals surface area contributed by atoms with Gasteiger partial charge in [0.05, 0.1) is 12.2 Å². The first-order valence-corrected chi connectivity index (χ1v) is 5.46. The molecule has 0 fully saturated rings. The Hall–Kier alpha value is -1.95. The lowest BCUT2D eigenvalue weighted by Crippen LogP contribution is -2.07. The number of rotatable bonds is 4. The summed E-state index contributed by atoms with van der Waals surface area (Å²) in [6.45, 7) is 0.504. The van der Waals surface area contributed by atoms with Gasteiger partial charge in [0.2, 0.25) is 0 Å². The van der Waals surface area contributed by atoms with Crippen LogP contribution in [0.5, 0.6) is 0 Å². The Kier molecular flexibility index (Phi) is 3.11. The van der Waals surface area contributed by atoms with Crippen molar-refractivity contribution in [3.63, 3.8) is 0 Å². The van der Waals surface area contributed by atoms with Crippen LogP contribution in [-0.4, -0.2) is 21.0 Å². The molecule has 0 saturated carbocycles. The van der Waals surface area contributed by atoms with Crippen molar-refractivity contribution in [1.82, 2.24) is 9.97 Å². The van der Waals surface area contributed by atoms with E-state index in [4.69, 9.17) is 5.11 Å². The predicted molar refractivity (Wildman–Crippen MR) is 60.6 cm³/mol. The van der Waals surface area contributed by atoms with Crippen LogP contribution >= 0.6 is 11.3 Å². The van der Waals surface area contributed by atoms with Gasteiger partial charge < -0.3 is 10.4 Å². The van der Waals surface area contributed by atoms with Gasteiger partial charge in [-0.05, 0) is 12.1 Å². The lowest BCUT2D eigenvalue weighted by Gasteiger charge is -2.06. The van der Waals surface area contributed by atoms with Gasteiger partial charge in [0.25, 0.3) is 0 Å². The molecule has 2 aromatic rings. The third kappa shape index (κ3) is 2.34. The molecular formula is C10H9N3O2S. The molecule has 82 valence electrons. The van der Waals surface area contributed by atoms with Gasteiger partial charge in [-0.1, -0.05) is 0 Å². The lowest BCUT2D eigenvalue weighted by molar-refractivity contribution is 0.0691. The van der Waals surface area contributed by atoms with Gasteiger partial charge in [0.15, 0.2) is 5.69 Å². The van der Waals surface area contributed by atoms with Gasteiger partial charge in [-0.25, -0.2) is 14.8 Å². The number of carboxylic acids is 1. The Morgan fingerprint density at radius 3 is 3.00 bits per heavy atom. The van der Waals surface area contributed by atoms with Gasteiger partial charge in [-0.15, -0.1) is 11.3 Å².